The molecule has 2 aromatic rings. The highest BCUT2D eigenvalue weighted by Gasteiger charge is 2.26. The van der Waals surface area contributed by atoms with Gasteiger partial charge in [0.2, 0.25) is 5.88 Å². The number of H-pyrrole nitrogens is 1. The zero-order valence-corrected chi connectivity index (χ0v) is 13.1. The lowest BCUT2D eigenvalue weighted by Gasteiger charge is -2.24. The molecule has 1 heterocycles. The quantitative estimate of drug-likeness (QED) is 0.801. The van der Waals surface area contributed by atoms with E-state index in [-0.39, 0.29) is 6.04 Å². The monoisotopic (exact) mass is 329 g/mol. The van der Waals surface area contributed by atoms with E-state index in [0.717, 1.165) is 36.7 Å². The van der Waals surface area contributed by atoms with Crippen LogP contribution >= 0.6 is 0 Å². The number of carbonyl (C=O) groups is 1. The predicted octanol–water partition coefficient (Wildman–Crippen LogP) is 2.00. The SMILES string of the molecule is O=C(Nc1ccccc1)c1c(O)n(C2CCCCC2)c(=O)[nH]c1=O. The van der Waals surface area contributed by atoms with Gasteiger partial charge in [0.1, 0.15) is 0 Å². The molecule has 0 atom stereocenters. The maximum absolute atomic E-state index is 12.4. The van der Waals surface area contributed by atoms with Crippen molar-refractivity contribution in [3.8, 4) is 5.88 Å². The largest absolute Gasteiger partial charge is 0.494 e. The summed E-state index contributed by atoms with van der Waals surface area (Å²) in [6, 6.07) is 8.40. The van der Waals surface area contributed by atoms with Crippen LogP contribution in [0.3, 0.4) is 0 Å². The molecule has 0 aliphatic heterocycles. The molecule has 1 aromatic heterocycles. The van der Waals surface area contributed by atoms with E-state index in [4.69, 9.17) is 0 Å². The molecule has 1 aliphatic rings. The van der Waals surface area contributed by atoms with E-state index in [0.29, 0.717) is 5.69 Å². The van der Waals surface area contributed by atoms with Gasteiger partial charge in [-0.15, -0.1) is 0 Å². The number of para-hydroxylation sites is 1. The predicted molar refractivity (Wildman–Crippen MR) is 89.5 cm³/mol. The second-order valence-corrected chi connectivity index (χ2v) is 5.94. The maximum Gasteiger partial charge on any atom is 0.331 e. The summed E-state index contributed by atoms with van der Waals surface area (Å²) in [5.74, 6) is -1.31. The molecule has 24 heavy (non-hydrogen) atoms. The summed E-state index contributed by atoms with van der Waals surface area (Å²) in [7, 11) is 0. The smallest absolute Gasteiger partial charge is 0.331 e. The lowest BCUT2D eigenvalue weighted by atomic mass is 9.95. The minimum absolute atomic E-state index is 0.202. The Hall–Kier alpha value is -2.83. The first-order valence-electron chi connectivity index (χ1n) is 8.02. The molecular weight excluding hydrogens is 310 g/mol. The van der Waals surface area contributed by atoms with E-state index in [1.54, 1.807) is 30.3 Å². The van der Waals surface area contributed by atoms with E-state index in [2.05, 4.69) is 10.3 Å². The van der Waals surface area contributed by atoms with Crippen LogP contribution in [0.1, 0.15) is 48.5 Å². The standard InChI is InChI=1S/C17H19N3O4/c21-14(18-11-7-3-1-4-8-11)13-15(22)19-17(24)20(16(13)23)12-9-5-2-6-10-12/h1,3-4,7-8,12,23H,2,5-6,9-10H2,(H,18,21)(H,19,22,24). The lowest BCUT2D eigenvalue weighted by Crippen LogP contribution is -2.37. The molecule has 3 rings (SSSR count). The first-order valence-corrected chi connectivity index (χ1v) is 8.02. The van der Waals surface area contributed by atoms with Crippen LogP contribution in [0.5, 0.6) is 5.88 Å². The number of aromatic nitrogens is 2. The number of carbonyl (C=O) groups excluding carboxylic acids is 1. The van der Waals surface area contributed by atoms with Gasteiger partial charge < -0.3 is 10.4 Å². The number of benzene rings is 1. The van der Waals surface area contributed by atoms with Crippen molar-refractivity contribution >= 4 is 11.6 Å². The van der Waals surface area contributed by atoms with Gasteiger partial charge in [-0.25, -0.2) is 4.79 Å². The Bertz CT molecular complexity index is 848. The zero-order valence-electron chi connectivity index (χ0n) is 13.1. The van der Waals surface area contributed by atoms with Crippen molar-refractivity contribution in [3.63, 3.8) is 0 Å². The Morgan fingerprint density at radius 2 is 1.79 bits per heavy atom. The number of aromatic hydroxyl groups is 1. The first kappa shape index (κ1) is 16.0. The van der Waals surface area contributed by atoms with E-state index >= 15 is 0 Å². The molecule has 1 saturated carbocycles. The van der Waals surface area contributed by atoms with E-state index < -0.39 is 28.6 Å². The Morgan fingerprint density at radius 3 is 2.46 bits per heavy atom. The van der Waals surface area contributed by atoms with Crippen LogP contribution in [0.25, 0.3) is 0 Å². The Morgan fingerprint density at radius 1 is 1.12 bits per heavy atom. The number of anilines is 1. The second-order valence-electron chi connectivity index (χ2n) is 5.94. The van der Waals surface area contributed by atoms with Gasteiger partial charge in [0.25, 0.3) is 11.5 Å². The Kier molecular flexibility index (Phi) is 4.50. The van der Waals surface area contributed by atoms with Crippen LogP contribution in [-0.4, -0.2) is 20.6 Å². The van der Waals surface area contributed by atoms with Gasteiger partial charge in [-0.05, 0) is 25.0 Å². The number of rotatable bonds is 3. The molecule has 1 aliphatic carbocycles. The third-order valence-corrected chi connectivity index (χ3v) is 4.32. The highest BCUT2D eigenvalue weighted by Crippen LogP contribution is 2.30. The molecule has 0 radical (unpaired) electrons. The number of nitrogens with one attached hydrogen (secondary N) is 2. The molecule has 1 fully saturated rings. The highest BCUT2D eigenvalue weighted by atomic mass is 16.3. The summed E-state index contributed by atoms with van der Waals surface area (Å²) in [6.45, 7) is 0. The Balaban J connectivity index is 2.00. The fraction of sp³-hybridized carbons (Fsp3) is 0.353. The minimum atomic E-state index is -0.891. The molecule has 126 valence electrons. The molecule has 0 saturated heterocycles. The summed E-state index contributed by atoms with van der Waals surface area (Å²) in [5.41, 5.74) is -1.51. The Labute approximate surface area is 138 Å². The van der Waals surface area contributed by atoms with Gasteiger partial charge in [0, 0.05) is 11.7 Å². The number of nitrogens with zero attached hydrogens (tertiary/aromatic N) is 1. The van der Waals surface area contributed by atoms with Crippen LogP contribution in [0.15, 0.2) is 39.9 Å². The summed E-state index contributed by atoms with van der Waals surface area (Å²) >= 11 is 0. The third-order valence-electron chi connectivity index (χ3n) is 4.32. The third kappa shape index (κ3) is 3.10. The average molecular weight is 329 g/mol. The molecule has 3 N–H and O–H groups in total. The van der Waals surface area contributed by atoms with Gasteiger partial charge in [0.05, 0.1) is 0 Å². The zero-order chi connectivity index (χ0) is 17.1. The van der Waals surface area contributed by atoms with E-state index in [1.807, 2.05) is 0 Å². The summed E-state index contributed by atoms with van der Waals surface area (Å²) in [5, 5.41) is 13.0. The van der Waals surface area contributed by atoms with Crippen LogP contribution in [0, 0.1) is 0 Å². The summed E-state index contributed by atoms with van der Waals surface area (Å²) < 4.78 is 1.14. The van der Waals surface area contributed by atoms with Gasteiger partial charge in [-0.3, -0.25) is 19.1 Å². The van der Waals surface area contributed by atoms with Crippen molar-refractivity contribution in [1.29, 1.82) is 0 Å². The number of hydrogen-bond donors (Lipinski definition) is 3. The number of aromatic amines is 1. The molecular formula is C17H19N3O4. The fourth-order valence-electron chi connectivity index (χ4n) is 3.14. The highest BCUT2D eigenvalue weighted by molar-refractivity contribution is 6.05. The van der Waals surface area contributed by atoms with Gasteiger partial charge in [-0.2, -0.15) is 0 Å². The molecule has 0 bridgehead atoms. The van der Waals surface area contributed by atoms with Crippen molar-refractivity contribution in [2.75, 3.05) is 5.32 Å². The van der Waals surface area contributed by atoms with Crippen molar-refractivity contribution < 1.29 is 9.90 Å². The number of hydrogen-bond acceptors (Lipinski definition) is 4. The van der Waals surface area contributed by atoms with Crippen LogP contribution in [0.2, 0.25) is 0 Å². The van der Waals surface area contributed by atoms with Crippen LogP contribution in [-0.2, 0) is 0 Å². The minimum Gasteiger partial charge on any atom is -0.494 e. The maximum atomic E-state index is 12.4. The summed E-state index contributed by atoms with van der Waals surface area (Å²) in [4.78, 5) is 38.7. The van der Waals surface area contributed by atoms with Gasteiger partial charge in [-0.1, -0.05) is 37.5 Å². The van der Waals surface area contributed by atoms with Crippen LogP contribution < -0.4 is 16.6 Å². The number of amides is 1. The average Bonchev–Trinajstić information content (AvgIpc) is 2.56. The second kappa shape index (κ2) is 6.74. The molecule has 7 nitrogen and oxygen atoms in total. The molecule has 1 aromatic carbocycles. The first-order chi connectivity index (χ1) is 11.6. The van der Waals surface area contributed by atoms with E-state index in [9.17, 15) is 19.5 Å². The van der Waals surface area contributed by atoms with Crippen molar-refractivity contribution in [2.45, 2.75) is 38.1 Å². The fourth-order valence-corrected chi connectivity index (χ4v) is 3.14. The topological polar surface area (TPSA) is 104 Å². The van der Waals surface area contributed by atoms with Crippen molar-refractivity contribution in [2.24, 2.45) is 0 Å². The normalized spacial score (nSPS) is 15.2. The molecule has 0 unspecified atom stereocenters. The van der Waals surface area contributed by atoms with Gasteiger partial charge in [0.15, 0.2) is 5.56 Å². The van der Waals surface area contributed by atoms with E-state index in [1.165, 1.54) is 0 Å². The molecule has 1 amide bonds. The molecule has 7 heteroatoms. The van der Waals surface area contributed by atoms with Gasteiger partial charge >= 0.3 is 5.69 Å². The summed E-state index contributed by atoms with van der Waals surface area (Å²) in [6.07, 6.45) is 4.44. The van der Waals surface area contributed by atoms with Crippen molar-refractivity contribution in [3.05, 3.63) is 56.7 Å². The molecule has 0 spiro atoms. The lowest BCUT2D eigenvalue weighted by molar-refractivity contribution is 0.102. The van der Waals surface area contributed by atoms with Crippen LogP contribution in [0.4, 0.5) is 5.69 Å². The van der Waals surface area contributed by atoms with Crippen molar-refractivity contribution in [1.82, 2.24) is 9.55 Å².